The van der Waals surface area contributed by atoms with Crippen LogP contribution in [0.25, 0.3) is 0 Å². The van der Waals surface area contributed by atoms with E-state index in [9.17, 15) is 14.0 Å². The van der Waals surface area contributed by atoms with Crippen molar-refractivity contribution >= 4 is 17.5 Å². The van der Waals surface area contributed by atoms with Gasteiger partial charge in [-0.05, 0) is 24.3 Å². The maximum Gasteiger partial charge on any atom is 0.227 e. The third kappa shape index (κ3) is 2.86. The van der Waals surface area contributed by atoms with Gasteiger partial charge in [0.15, 0.2) is 0 Å². The van der Waals surface area contributed by atoms with Gasteiger partial charge in [-0.25, -0.2) is 4.39 Å². The first-order valence-electron chi connectivity index (χ1n) is 7.00. The molecule has 1 saturated heterocycles. The monoisotopic (exact) mass is 302 g/mol. The molecular weight excluding hydrogens is 287 g/mol. The Kier molecular flexibility index (Phi) is 3.91. The van der Waals surface area contributed by atoms with Gasteiger partial charge in [0.25, 0.3) is 0 Å². The van der Waals surface area contributed by atoms with Crippen molar-refractivity contribution in [3.05, 3.63) is 54.2 Å². The van der Waals surface area contributed by atoms with Crippen LogP contribution in [0.1, 0.15) is 12.2 Å². The standard InChI is InChI=1S/C16H15FN2O3/c17-13-5-1-2-6-14(13)19-10-11(8-15(19)20)16(21)18-9-12-4-3-7-22-12/h1-7,11H,8-10H2,(H,18,21). The summed E-state index contributed by atoms with van der Waals surface area (Å²) in [6.45, 7) is 0.458. The number of benzene rings is 1. The van der Waals surface area contributed by atoms with Crippen LogP contribution in [0, 0.1) is 11.7 Å². The third-order valence-electron chi connectivity index (χ3n) is 3.66. The zero-order valence-corrected chi connectivity index (χ0v) is 11.8. The summed E-state index contributed by atoms with van der Waals surface area (Å²) >= 11 is 0. The van der Waals surface area contributed by atoms with Gasteiger partial charge in [0, 0.05) is 13.0 Å². The molecule has 0 saturated carbocycles. The van der Waals surface area contributed by atoms with E-state index in [1.807, 2.05) is 0 Å². The van der Waals surface area contributed by atoms with Gasteiger partial charge in [-0.1, -0.05) is 12.1 Å². The highest BCUT2D eigenvalue weighted by atomic mass is 19.1. The average molecular weight is 302 g/mol. The summed E-state index contributed by atoms with van der Waals surface area (Å²) in [6, 6.07) is 9.55. The Labute approximate surface area is 126 Å². The Morgan fingerprint density at radius 1 is 1.32 bits per heavy atom. The lowest BCUT2D eigenvalue weighted by Gasteiger charge is -2.17. The van der Waals surface area contributed by atoms with Crippen molar-refractivity contribution in [1.82, 2.24) is 5.32 Å². The second-order valence-electron chi connectivity index (χ2n) is 5.15. The third-order valence-corrected chi connectivity index (χ3v) is 3.66. The SMILES string of the molecule is O=C(NCc1ccco1)C1CC(=O)N(c2ccccc2F)C1. The molecule has 1 atom stereocenters. The number of furan rings is 1. The number of halogens is 1. The Hall–Kier alpha value is -2.63. The minimum absolute atomic E-state index is 0.0817. The molecule has 1 N–H and O–H groups in total. The average Bonchev–Trinajstić information content (AvgIpc) is 3.15. The lowest BCUT2D eigenvalue weighted by atomic mass is 10.1. The first-order valence-corrected chi connectivity index (χ1v) is 7.00. The van der Waals surface area contributed by atoms with E-state index in [0.717, 1.165) is 0 Å². The quantitative estimate of drug-likeness (QED) is 0.940. The normalized spacial score (nSPS) is 17.8. The zero-order valence-electron chi connectivity index (χ0n) is 11.8. The number of rotatable bonds is 4. The Bertz CT molecular complexity index is 684. The molecule has 1 aliphatic rings. The number of hydrogen-bond acceptors (Lipinski definition) is 3. The Balaban J connectivity index is 1.64. The molecule has 1 aliphatic heterocycles. The van der Waals surface area contributed by atoms with Crippen LogP contribution in [0.5, 0.6) is 0 Å². The Morgan fingerprint density at radius 3 is 2.86 bits per heavy atom. The van der Waals surface area contributed by atoms with Crippen LogP contribution in [0.4, 0.5) is 10.1 Å². The van der Waals surface area contributed by atoms with Crippen LogP contribution < -0.4 is 10.2 Å². The highest BCUT2D eigenvalue weighted by Gasteiger charge is 2.35. The van der Waals surface area contributed by atoms with Gasteiger partial charge in [0.05, 0.1) is 24.4 Å². The summed E-state index contributed by atoms with van der Waals surface area (Å²) in [4.78, 5) is 25.5. The number of hydrogen-bond donors (Lipinski definition) is 1. The lowest BCUT2D eigenvalue weighted by Crippen LogP contribution is -2.32. The smallest absolute Gasteiger partial charge is 0.227 e. The second kappa shape index (κ2) is 6.01. The molecule has 2 amide bonds. The Morgan fingerprint density at radius 2 is 2.14 bits per heavy atom. The molecule has 0 bridgehead atoms. The van der Waals surface area contributed by atoms with Crippen molar-refractivity contribution in [2.45, 2.75) is 13.0 Å². The van der Waals surface area contributed by atoms with E-state index in [0.29, 0.717) is 5.76 Å². The van der Waals surface area contributed by atoms with Crippen LogP contribution in [-0.2, 0) is 16.1 Å². The summed E-state index contributed by atoms with van der Waals surface area (Å²) in [6.07, 6.45) is 1.61. The van der Waals surface area contributed by atoms with E-state index < -0.39 is 11.7 Å². The van der Waals surface area contributed by atoms with E-state index in [2.05, 4.69) is 5.32 Å². The predicted octanol–water partition coefficient (Wildman–Crippen LogP) is 2.09. The fraction of sp³-hybridized carbons (Fsp3) is 0.250. The zero-order chi connectivity index (χ0) is 15.5. The van der Waals surface area contributed by atoms with Gasteiger partial charge in [-0.15, -0.1) is 0 Å². The molecular formula is C16H15FN2O3. The summed E-state index contributed by atoms with van der Waals surface area (Å²) in [5.74, 6) is -0.787. The highest BCUT2D eigenvalue weighted by molar-refractivity contribution is 6.00. The maximum atomic E-state index is 13.8. The lowest BCUT2D eigenvalue weighted by molar-refractivity contribution is -0.126. The molecule has 2 aromatic rings. The fourth-order valence-corrected chi connectivity index (χ4v) is 2.52. The van der Waals surface area contributed by atoms with E-state index >= 15 is 0 Å². The highest BCUT2D eigenvalue weighted by Crippen LogP contribution is 2.27. The largest absolute Gasteiger partial charge is 0.467 e. The van der Waals surface area contributed by atoms with E-state index in [4.69, 9.17) is 4.42 Å². The second-order valence-corrected chi connectivity index (χ2v) is 5.15. The minimum Gasteiger partial charge on any atom is -0.467 e. The van der Waals surface area contributed by atoms with Crippen molar-refractivity contribution in [2.75, 3.05) is 11.4 Å². The van der Waals surface area contributed by atoms with Crippen LogP contribution >= 0.6 is 0 Å². The molecule has 114 valence electrons. The van der Waals surface area contributed by atoms with E-state index in [-0.39, 0.29) is 37.0 Å². The van der Waals surface area contributed by atoms with E-state index in [1.54, 1.807) is 24.3 Å². The van der Waals surface area contributed by atoms with Crippen molar-refractivity contribution in [3.8, 4) is 0 Å². The van der Waals surface area contributed by atoms with Gasteiger partial charge in [-0.2, -0.15) is 0 Å². The molecule has 0 aliphatic carbocycles. The first-order chi connectivity index (χ1) is 10.6. The number of carbonyl (C=O) groups is 2. The fourth-order valence-electron chi connectivity index (χ4n) is 2.52. The van der Waals surface area contributed by atoms with Crippen molar-refractivity contribution in [1.29, 1.82) is 0 Å². The van der Waals surface area contributed by atoms with Crippen molar-refractivity contribution < 1.29 is 18.4 Å². The van der Waals surface area contributed by atoms with Gasteiger partial charge < -0.3 is 14.6 Å². The van der Waals surface area contributed by atoms with E-state index in [1.165, 1.54) is 23.3 Å². The molecule has 2 heterocycles. The summed E-state index contributed by atoms with van der Waals surface area (Å²) < 4.78 is 18.9. The topological polar surface area (TPSA) is 62.6 Å². The number of carbonyl (C=O) groups excluding carboxylic acids is 2. The molecule has 0 spiro atoms. The van der Waals surface area contributed by atoms with Crippen LogP contribution in [-0.4, -0.2) is 18.4 Å². The molecule has 1 unspecified atom stereocenters. The maximum absolute atomic E-state index is 13.8. The summed E-state index contributed by atoms with van der Waals surface area (Å²) in [5, 5.41) is 2.73. The number of para-hydroxylation sites is 1. The van der Waals surface area contributed by atoms with Crippen molar-refractivity contribution in [2.24, 2.45) is 5.92 Å². The molecule has 3 rings (SSSR count). The van der Waals surface area contributed by atoms with Crippen molar-refractivity contribution in [3.63, 3.8) is 0 Å². The molecule has 22 heavy (non-hydrogen) atoms. The number of nitrogens with zero attached hydrogens (tertiary/aromatic N) is 1. The molecule has 5 nitrogen and oxygen atoms in total. The van der Waals surface area contributed by atoms with Crippen LogP contribution in [0.15, 0.2) is 47.1 Å². The minimum atomic E-state index is -0.484. The molecule has 1 aromatic heterocycles. The molecule has 0 radical (unpaired) electrons. The number of nitrogens with one attached hydrogen (secondary N) is 1. The summed E-state index contributed by atoms with van der Waals surface area (Å²) in [5.41, 5.74) is 0.217. The number of amides is 2. The molecule has 1 fully saturated rings. The number of anilines is 1. The van der Waals surface area contributed by atoms with Gasteiger partial charge >= 0.3 is 0 Å². The van der Waals surface area contributed by atoms with Gasteiger partial charge in [-0.3, -0.25) is 9.59 Å². The van der Waals surface area contributed by atoms with Crippen LogP contribution in [0.3, 0.4) is 0 Å². The summed E-state index contributed by atoms with van der Waals surface area (Å²) in [7, 11) is 0. The molecule has 6 heteroatoms. The molecule has 1 aromatic carbocycles. The van der Waals surface area contributed by atoms with Gasteiger partial charge in [0.2, 0.25) is 11.8 Å². The van der Waals surface area contributed by atoms with Gasteiger partial charge in [0.1, 0.15) is 11.6 Å². The first kappa shape index (κ1) is 14.3. The van der Waals surface area contributed by atoms with Crippen LogP contribution in [0.2, 0.25) is 0 Å². The predicted molar refractivity (Wildman–Crippen MR) is 77.4 cm³/mol.